The molecule has 0 saturated carbocycles. The van der Waals surface area contributed by atoms with Gasteiger partial charge in [0.25, 0.3) is 0 Å². The zero-order valence-corrected chi connectivity index (χ0v) is 14.0. The summed E-state index contributed by atoms with van der Waals surface area (Å²) in [5.74, 6) is 0.940. The van der Waals surface area contributed by atoms with Gasteiger partial charge in [0.1, 0.15) is 5.75 Å². The molecule has 1 aliphatic heterocycles. The van der Waals surface area contributed by atoms with E-state index in [-0.39, 0.29) is 0 Å². The van der Waals surface area contributed by atoms with Crippen LogP contribution in [0.2, 0.25) is 0 Å². The summed E-state index contributed by atoms with van der Waals surface area (Å²) in [6.45, 7) is 11.4. The zero-order chi connectivity index (χ0) is 15.3. The summed E-state index contributed by atoms with van der Waals surface area (Å²) in [5.41, 5.74) is 1.83. The van der Waals surface area contributed by atoms with E-state index in [0.29, 0.717) is 11.5 Å². The largest absolute Gasteiger partial charge is 0.497 e. The maximum atomic E-state index is 5.36. The van der Waals surface area contributed by atoms with Crippen LogP contribution in [0, 0.1) is 5.41 Å². The monoisotopic (exact) mass is 290 g/mol. The molecular formula is C18H30N2O. The number of likely N-dealkylation sites (tertiary alicyclic amines) is 1. The number of nitrogens with one attached hydrogen (secondary N) is 1. The van der Waals surface area contributed by atoms with Gasteiger partial charge in [-0.1, -0.05) is 32.9 Å². The summed E-state index contributed by atoms with van der Waals surface area (Å²) in [4.78, 5) is 2.60. The first kappa shape index (κ1) is 16.3. The van der Waals surface area contributed by atoms with E-state index in [1.165, 1.54) is 31.5 Å². The fourth-order valence-corrected chi connectivity index (χ4v) is 2.99. The van der Waals surface area contributed by atoms with Crippen molar-refractivity contribution in [3.63, 3.8) is 0 Å². The Morgan fingerprint density at radius 1 is 1.29 bits per heavy atom. The standard InChI is InChI=1S/C18H30N2O/c1-5-19-17(15-7-6-8-16(13-15)21-4)14-20-11-9-18(2,3)10-12-20/h6-8,13,17,19H,5,9-12,14H2,1-4H3. The van der Waals surface area contributed by atoms with Crippen LogP contribution in [0.4, 0.5) is 0 Å². The van der Waals surface area contributed by atoms with Crippen molar-refractivity contribution in [2.24, 2.45) is 5.41 Å². The SMILES string of the molecule is CCNC(CN1CCC(C)(C)CC1)c1cccc(OC)c1. The fraction of sp³-hybridized carbons (Fsp3) is 0.667. The topological polar surface area (TPSA) is 24.5 Å². The first-order valence-corrected chi connectivity index (χ1v) is 8.14. The minimum Gasteiger partial charge on any atom is -0.497 e. The smallest absolute Gasteiger partial charge is 0.119 e. The third-order valence-corrected chi connectivity index (χ3v) is 4.60. The number of nitrogens with zero attached hydrogens (tertiary/aromatic N) is 1. The van der Waals surface area contributed by atoms with Crippen molar-refractivity contribution in [2.75, 3.05) is 33.3 Å². The molecule has 118 valence electrons. The number of ether oxygens (including phenoxy) is 1. The van der Waals surface area contributed by atoms with Crippen molar-refractivity contribution in [3.05, 3.63) is 29.8 Å². The van der Waals surface area contributed by atoms with Crippen LogP contribution >= 0.6 is 0 Å². The first-order valence-electron chi connectivity index (χ1n) is 8.14. The van der Waals surface area contributed by atoms with E-state index in [2.05, 4.69) is 49.2 Å². The van der Waals surface area contributed by atoms with Crippen LogP contribution in [0.5, 0.6) is 5.75 Å². The van der Waals surface area contributed by atoms with Crippen LogP contribution in [0.25, 0.3) is 0 Å². The molecule has 3 heteroatoms. The van der Waals surface area contributed by atoms with E-state index in [1.54, 1.807) is 7.11 Å². The Bertz CT molecular complexity index is 435. The molecular weight excluding hydrogens is 260 g/mol. The highest BCUT2D eigenvalue weighted by Gasteiger charge is 2.26. The van der Waals surface area contributed by atoms with E-state index in [9.17, 15) is 0 Å². The Morgan fingerprint density at radius 3 is 2.62 bits per heavy atom. The molecule has 0 amide bonds. The lowest BCUT2D eigenvalue weighted by Gasteiger charge is -2.38. The molecule has 21 heavy (non-hydrogen) atoms. The minimum atomic E-state index is 0.381. The van der Waals surface area contributed by atoms with Crippen LogP contribution in [0.15, 0.2) is 24.3 Å². The maximum absolute atomic E-state index is 5.36. The van der Waals surface area contributed by atoms with Gasteiger partial charge >= 0.3 is 0 Å². The summed E-state index contributed by atoms with van der Waals surface area (Å²) >= 11 is 0. The van der Waals surface area contributed by atoms with Gasteiger partial charge in [0.15, 0.2) is 0 Å². The van der Waals surface area contributed by atoms with Crippen molar-refractivity contribution in [2.45, 2.75) is 39.7 Å². The van der Waals surface area contributed by atoms with Gasteiger partial charge in [-0.15, -0.1) is 0 Å². The Kier molecular flexibility index (Phi) is 5.65. The molecule has 1 aliphatic rings. The lowest BCUT2D eigenvalue weighted by Crippen LogP contribution is -2.42. The second-order valence-corrected chi connectivity index (χ2v) is 6.85. The molecule has 2 rings (SSSR count). The van der Waals surface area contributed by atoms with Gasteiger partial charge in [-0.05, 0) is 55.6 Å². The summed E-state index contributed by atoms with van der Waals surface area (Å²) in [6, 6.07) is 8.82. The third-order valence-electron chi connectivity index (χ3n) is 4.60. The molecule has 0 spiro atoms. The Balaban J connectivity index is 2.02. The van der Waals surface area contributed by atoms with Gasteiger partial charge in [0.2, 0.25) is 0 Å². The van der Waals surface area contributed by atoms with Gasteiger partial charge in [0, 0.05) is 12.6 Å². The fourth-order valence-electron chi connectivity index (χ4n) is 2.99. The summed E-state index contributed by atoms with van der Waals surface area (Å²) in [5, 5.41) is 3.62. The molecule has 3 nitrogen and oxygen atoms in total. The summed E-state index contributed by atoms with van der Waals surface area (Å²) < 4.78 is 5.36. The quantitative estimate of drug-likeness (QED) is 0.868. The maximum Gasteiger partial charge on any atom is 0.119 e. The van der Waals surface area contributed by atoms with Crippen molar-refractivity contribution in [1.29, 1.82) is 0 Å². The molecule has 1 unspecified atom stereocenters. The summed E-state index contributed by atoms with van der Waals surface area (Å²) in [6.07, 6.45) is 2.59. The number of rotatable bonds is 6. The number of methoxy groups -OCH3 is 1. The number of benzene rings is 1. The highest BCUT2D eigenvalue weighted by molar-refractivity contribution is 5.30. The molecule has 0 aromatic heterocycles. The average Bonchev–Trinajstić information content (AvgIpc) is 2.49. The zero-order valence-electron chi connectivity index (χ0n) is 14.0. The lowest BCUT2D eigenvalue weighted by molar-refractivity contribution is 0.122. The van der Waals surface area contributed by atoms with Gasteiger partial charge in [-0.2, -0.15) is 0 Å². The molecule has 1 heterocycles. The van der Waals surface area contributed by atoms with Crippen molar-refractivity contribution in [3.8, 4) is 5.75 Å². The van der Waals surface area contributed by atoms with Crippen LogP contribution < -0.4 is 10.1 Å². The summed E-state index contributed by atoms with van der Waals surface area (Å²) in [7, 11) is 1.73. The number of piperidine rings is 1. The number of hydrogen-bond donors (Lipinski definition) is 1. The van der Waals surface area contributed by atoms with Gasteiger partial charge in [-0.25, -0.2) is 0 Å². The molecule has 1 N–H and O–H groups in total. The number of hydrogen-bond acceptors (Lipinski definition) is 3. The third kappa shape index (κ3) is 4.72. The lowest BCUT2D eigenvalue weighted by atomic mass is 9.82. The Morgan fingerprint density at radius 2 is 2.00 bits per heavy atom. The van der Waals surface area contributed by atoms with E-state index >= 15 is 0 Å². The van der Waals surface area contributed by atoms with E-state index in [1.807, 2.05) is 6.07 Å². The van der Waals surface area contributed by atoms with Crippen LogP contribution in [0.1, 0.15) is 45.2 Å². The molecule has 0 bridgehead atoms. The van der Waals surface area contributed by atoms with Crippen molar-refractivity contribution < 1.29 is 4.74 Å². The second-order valence-electron chi connectivity index (χ2n) is 6.85. The molecule has 1 aromatic rings. The molecule has 1 saturated heterocycles. The van der Waals surface area contributed by atoms with Crippen molar-refractivity contribution >= 4 is 0 Å². The van der Waals surface area contributed by atoms with E-state index in [4.69, 9.17) is 4.74 Å². The normalized spacial score (nSPS) is 20.2. The van der Waals surface area contributed by atoms with Crippen LogP contribution in [-0.2, 0) is 0 Å². The predicted molar refractivity (Wildman–Crippen MR) is 88.9 cm³/mol. The number of likely N-dealkylation sites (N-methyl/N-ethyl adjacent to an activating group) is 1. The highest BCUT2D eigenvalue weighted by atomic mass is 16.5. The minimum absolute atomic E-state index is 0.381. The Labute approximate surface area is 129 Å². The van der Waals surface area contributed by atoms with E-state index < -0.39 is 0 Å². The van der Waals surface area contributed by atoms with Crippen molar-refractivity contribution in [1.82, 2.24) is 10.2 Å². The van der Waals surface area contributed by atoms with E-state index in [0.717, 1.165) is 18.8 Å². The molecule has 1 aromatic carbocycles. The molecule has 0 aliphatic carbocycles. The molecule has 1 fully saturated rings. The van der Waals surface area contributed by atoms with Crippen LogP contribution in [0.3, 0.4) is 0 Å². The average molecular weight is 290 g/mol. The highest BCUT2D eigenvalue weighted by Crippen LogP contribution is 2.30. The molecule has 1 atom stereocenters. The predicted octanol–water partition coefficient (Wildman–Crippen LogP) is 3.47. The van der Waals surface area contributed by atoms with Crippen LogP contribution in [-0.4, -0.2) is 38.2 Å². The second kappa shape index (κ2) is 7.28. The first-order chi connectivity index (χ1) is 10.0. The Hall–Kier alpha value is -1.06. The molecule has 0 radical (unpaired) electrons. The van der Waals surface area contributed by atoms with Gasteiger partial charge in [-0.3, -0.25) is 0 Å². The van der Waals surface area contributed by atoms with Gasteiger partial charge < -0.3 is 15.0 Å². The van der Waals surface area contributed by atoms with Gasteiger partial charge in [0.05, 0.1) is 7.11 Å².